The Labute approximate surface area is 157 Å². The molecule has 0 spiro atoms. The molecule has 2 heterocycles. The molecule has 2 aliphatic heterocycles. The Morgan fingerprint density at radius 1 is 1.23 bits per heavy atom. The fourth-order valence-corrected chi connectivity index (χ4v) is 3.13. The molecule has 3 rings (SSSR count). The fourth-order valence-electron chi connectivity index (χ4n) is 3.00. The molecule has 26 heavy (non-hydrogen) atoms. The first-order chi connectivity index (χ1) is 12.4. The summed E-state index contributed by atoms with van der Waals surface area (Å²) in [5.41, 5.74) is 1.56. The number of piperazine rings is 1. The van der Waals surface area contributed by atoms with Gasteiger partial charge in [0.25, 0.3) is 5.91 Å². The molecule has 8 heteroatoms. The molecule has 2 amide bonds. The smallest absolute Gasteiger partial charge is 0.264 e. The number of carbonyl (C=O) groups excluding carboxylic acids is 2. The van der Waals surface area contributed by atoms with Gasteiger partial charge in [-0.05, 0) is 31.7 Å². The van der Waals surface area contributed by atoms with Crippen molar-refractivity contribution in [1.82, 2.24) is 15.1 Å². The lowest BCUT2D eigenvalue weighted by molar-refractivity contribution is -0.140. The van der Waals surface area contributed by atoms with Gasteiger partial charge in [0.15, 0.2) is 0 Å². The second-order valence-corrected chi connectivity index (χ2v) is 7.14. The highest BCUT2D eigenvalue weighted by Crippen LogP contribution is 2.19. The number of carbonyl (C=O) groups is 2. The summed E-state index contributed by atoms with van der Waals surface area (Å²) in [6.07, 6.45) is -0.355. The van der Waals surface area contributed by atoms with Gasteiger partial charge in [-0.25, -0.2) is 0 Å². The molecule has 2 aliphatic rings. The Bertz CT molecular complexity index is 699. The average molecular weight is 379 g/mol. The molecule has 1 aromatic carbocycles. The molecule has 2 atom stereocenters. The topological polar surface area (TPSA) is 74.2 Å². The monoisotopic (exact) mass is 378 g/mol. The third kappa shape index (κ3) is 4.34. The van der Waals surface area contributed by atoms with Crippen LogP contribution in [0.3, 0.4) is 0 Å². The minimum Gasteiger partial charge on any atom is -0.382 e. The van der Waals surface area contributed by atoms with Gasteiger partial charge in [-0.15, -0.1) is 0 Å². The van der Waals surface area contributed by atoms with E-state index in [1.807, 2.05) is 19.2 Å². The van der Waals surface area contributed by atoms with Crippen molar-refractivity contribution in [3.63, 3.8) is 0 Å². The maximum atomic E-state index is 12.5. The molecule has 0 aromatic heterocycles. The van der Waals surface area contributed by atoms with Crippen molar-refractivity contribution in [1.29, 1.82) is 0 Å². The van der Waals surface area contributed by atoms with Crippen molar-refractivity contribution >= 4 is 29.1 Å². The highest BCUT2D eigenvalue weighted by atomic mass is 35.5. The van der Waals surface area contributed by atoms with E-state index in [9.17, 15) is 9.59 Å². The van der Waals surface area contributed by atoms with E-state index in [0.717, 1.165) is 18.7 Å². The minimum absolute atomic E-state index is 0.0664. The first-order valence-electron chi connectivity index (χ1n) is 8.70. The van der Waals surface area contributed by atoms with Gasteiger partial charge in [-0.1, -0.05) is 28.9 Å². The van der Waals surface area contributed by atoms with E-state index < -0.39 is 12.1 Å². The maximum absolute atomic E-state index is 12.5. The molecule has 0 saturated carbocycles. The number of oxime groups is 1. The van der Waals surface area contributed by atoms with Crippen LogP contribution in [0.15, 0.2) is 29.4 Å². The van der Waals surface area contributed by atoms with Gasteiger partial charge in [-0.3, -0.25) is 9.59 Å². The lowest BCUT2D eigenvalue weighted by Gasteiger charge is -2.34. The maximum Gasteiger partial charge on any atom is 0.264 e. The van der Waals surface area contributed by atoms with Crippen molar-refractivity contribution in [2.75, 3.05) is 33.2 Å². The number of nitrogens with zero attached hydrogens (tertiary/aromatic N) is 3. The van der Waals surface area contributed by atoms with E-state index in [2.05, 4.69) is 15.4 Å². The van der Waals surface area contributed by atoms with Crippen molar-refractivity contribution in [3.8, 4) is 0 Å². The van der Waals surface area contributed by atoms with Crippen molar-refractivity contribution in [3.05, 3.63) is 34.9 Å². The summed E-state index contributed by atoms with van der Waals surface area (Å²) in [6, 6.07) is 6.62. The Kier molecular flexibility index (Phi) is 5.78. The van der Waals surface area contributed by atoms with E-state index >= 15 is 0 Å². The third-order valence-electron chi connectivity index (χ3n) is 4.68. The van der Waals surface area contributed by atoms with Crippen LogP contribution in [0.4, 0.5) is 0 Å². The molecule has 1 saturated heterocycles. The van der Waals surface area contributed by atoms with Crippen LogP contribution in [0, 0.1) is 0 Å². The number of benzene rings is 1. The quantitative estimate of drug-likeness (QED) is 0.851. The van der Waals surface area contributed by atoms with E-state index in [-0.39, 0.29) is 11.8 Å². The number of hydrogen-bond acceptors (Lipinski definition) is 5. The molecule has 0 radical (unpaired) electrons. The summed E-state index contributed by atoms with van der Waals surface area (Å²) in [7, 11) is 2.03. The number of hydrogen-bond donors (Lipinski definition) is 1. The predicted octanol–water partition coefficient (Wildman–Crippen LogP) is 1.11. The molecular formula is C18H23ClN4O3. The van der Waals surface area contributed by atoms with Crippen molar-refractivity contribution in [2.24, 2.45) is 5.16 Å². The van der Waals surface area contributed by atoms with Gasteiger partial charge < -0.3 is 20.0 Å². The van der Waals surface area contributed by atoms with Crippen LogP contribution in [0.1, 0.15) is 18.9 Å². The van der Waals surface area contributed by atoms with Crippen molar-refractivity contribution < 1.29 is 14.4 Å². The Hall–Kier alpha value is -2.12. The Morgan fingerprint density at radius 2 is 1.88 bits per heavy atom. The molecule has 0 aliphatic carbocycles. The Morgan fingerprint density at radius 3 is 2.54 bits per heavy atom. The highest BCUT2D eigenvalue weighted by Gasteiger charge is 2.32. The molecule has 140 valence electrons. The lowest BCUT2D eigenvalue weighted by Crippen LogP contribution is -2.54. The number of amides is 2. The van der Waals surface area contributed by atoms with E-state index in [4.69, 9.17) is 16.4 Å². The molecule has 1 N–H and O–H groups in total. The summed E-state index contributed by atoms with van der Waals surface area (Å²) < 4.78 is 0. The summed E-state index contributed by atoms with van der Waals surface area (Å²) >= 11 is 5.88. The van der Waals surface area contributed by atoms with Gasteiger partial charge in [0.2, 0.25) is 12.0 Å². The van der Waals surface area contributed by atoms with Gasteiger partial charge in [-0.2, -0.15) is 0 Å². The molecule has 7 nitrogen and oxygen atoms in total. The molecule has 1 fully saturated rings. The number of likely N-dealkylation sites (N-methyl/N-ethyl adjacent to an activating group) is 1. The van der Waals surface area contributed by atoms with Crippen LogP contribution >= 0.6 is 11.6 Å². The summed E-state index contributed by atoms with van der Waals surface area (Å²) in [5.74, 6) is -0.393. The van der Waals surface area contributed by atoms with Gasteiger partial charge in [0.05, 0.1) is 5.71 Å². The third-order valence-corrected chi connectivity index (χ3v) is 4.93. The normalized spacial score (nSPS) is 21.7. The number of nitrogens with one attached hydrogen (secondary N) is 1. The van der Waals surface area contributed by atoms with Gasteiger partial charge >= 0.3 is 0 Å². The zero-order valence-corrected chi connectivity index (χ0v) is 15.7. The van der Waals surface area contributed by atoms with E-state index in [1.165, 1.54) is 0 Å². The van der Waals surface area contributed by atoms with Gasteiger partial charge in [0.1, 0.15) is 6.04 Å². The fraction of sp³-hybridized carbons (Fsp3) is 0.500. The molecule has 0 unspecified atom stereocenters. The largest absolute Gasteiger partial charge is 0.382 e. The van der Waals surface area contributed by atoms with Crippen molar-refractivity contribution in [2.45, 2.75) is 25.5 Å². The van der Waals surface area contributed by atoms with Crippen LogP contribution in [-0.4, -0.2) is 72.7 Å². The molecular weight excluding hydrogens is 356 g/mol. The molecule has 1 aromatic rings. The van der Waals surface area contributed by atoms with Gasteiger partial charge in [0, 0.05) is 37.6 Å². The second kappa shape index (κ2) is 8.05. The highest BCUT2D eigenvalue weighted by molar-refractivity contribution is 6.30. The predicted molar refractivity (Wildman–Crippen MR) is 99.2 cm³/mol. The summed E-state index contributed by atoms with van der Waals surface area (Å²) in [6.45, 7) is 4.75. The van der Waals surface area contributed by atoms with Crippen LogP contribution in [0.2, 0.25) is 5.02 Å². The minimum atomic E-state index is -0.719. The number of halogens is 1. The zero-order chi connectivity index (χ0) is 18.7. The first kappa shape index (κ1) is 18.7. The van der Waals surface area contributed by atoms with E-state index in [1.54, 1.807) is 24.0 Å². The standard InChI is InChI=1S/C18H23ClN4O3/c1-12(18(25)23-9-7-22(2)8-10-23)20-17(24)16-11-15(21-26-16)13-3-5-14(19)6-4-13/h3-6,12,16H,7-11H2,1-2H3,(H,20,24)/t12-,16+/m0/s1. The number of rotatable bonds is 4. The average Bonchev–Trinajstić information content (AvgIpc) is 3.12. The lowest BCUT2D eigenvalue weighted by atomic mass is 10.0. The van der Waals surface area contributed by atoms with Crippen LogP contribution in [-0.2, 0) is 14.4 Å². The second-order valence-electron chi connectivity index (χ2n) is 6.70. The summed E-state index contributed by atoms with van der Waals surface area (Å²) in [5, 5.41) is 7.39. The van der Waals surface area contributed by atoms with Crippen LogP contribution in [0.5, 0.6) is 0 Å². The Balaban J connectivity index is 1.51. The molecule has 0 bridgehead atoms. The van der Waals surface area contributed by atoms with E-state index in [0.29, 0.717) is 30.2 Å². The zero-order valence-electron chi connectivity index (χ0n) is 14.9. The SMILES string of the molecule is C[C@H](NC(=O)[C@H]1CC(c2ccc(Cl)cc2)=NO1)C(=O)N1CCN(C)CC1. The van der Waals surface area contributed by atoms with Crippen LogP contribution in [0.25, 0.3) is 0 Å². The summed E-state index contributed by atoms with van der Waals surface area (Å²) in [4.78, 5) is 34.1. The van der Waals surface area contributed by atoms with Crippen LogP contribution < -0.4 is 5.32 Å². The first-order valence-corrected chi connectivity index (χ1v) is 9.08.